The van der Waals surface area contributed by atoms with Gasteiger partial charge in [0.15, 0.2) is 15.5 Å². The number of hydrogen-bond donors (Lipinski definition) is 0. The molecule has 3 heterocycles. The zero-order valence-corrected chi connectivity index (χ0v) is 14.5. The molecule has 24 heavy (non-hydrogen) atoms. The van der Waals surface area contributed by atoms with Crippen molar-refractivity contribution in [3.05, 3.63) is 23.0 Å². The normalized spacial score (nSPS) is 22.8. The molecule has 1 saturated carbocycles. The van der Waals surface area contributed by atoms with Crippen LogP contribution in [0.1, 0.15) is 53.0 Å². The van der Waals surface area contributed by atoms with Crippen LogP contribution >= 0.6 is 0 Å². The first-order valence-corrected chi connectivity index (χ1v) is 9.90. The number of aromatic nitrogens is 3. The number of sulfone groups is 1. The molecule has 0 amide bonds. The molecule has 1 aliphatic heterocycles. The minimum absolute atomic E-state index is 0.0755. The molecule has 2 aromatic heterocycles. The van der Waals surface area contributed by atoms with Gasteiger partial charge in [-0.25, -0.2) is 22.9 Å². The second-order valence-electron chi connectivity index (χ2n) is 6.65. The smallest absolute Gasteiger partial charge is 0.338 e. The van der Waals surface area contributed by atoms with Gasteiger partial charge in [0.25, 0.3) is 0 Å². The van der Waals surface area contributed by atoms with Crippen LogP contribution in [0, 0.1) is 6.92 Å². The van der Waals surface area contributed by atoms with Gasteiger partial charge in [-0.05, 0) is 32.3 Å². The number of fused-ring (bicyclic) bond motifs is 1. The number of rotatable bonds is 3. The largest absolute Gasteiger partial charge is 0.465 e. The number of esters is 1. The monoisotopic (exact) mass is 349 g/mol. The van der Waals surface area contributed by atoms with E-state index in [1.165, 1.54) is 7.11 Å². The lowest BCUT2D eigenvalue weighted by molar-refractivity contribution is 0.0602. The quantitative estimate of drug-likeness (QED) is 0.784. The molecule has 2 aliphatic rings. The Balaban J connectivity index is 1.93. The Hall–Kier alpha value is -1.96. The van der Waals surface area contributed by atoms with Crippen molar-refractivity contribution in [3.8, 4) is 0 Å². The summed E-state index contributed by atoms with van der Waals surface area (Å²) in [5.41, 5.74) is 2.60. The summed E-state index contributed by atoms with van der Waals surface area (Å²) >= 11 is 0. The summed E-state index contributed by atoms with van der Waals surface area (Å²) < 4.78 is 30.3. The number of ether oxygens (including phenoxy) is 1. The molecule has 1 atom stereocenters. The van der Waals surface area contributed by atoms with Gasteiger partial charge in [-0.2, -0.15) is 5.10 Å². The Labute approximate surface area is 139 Å². The van der Waals surface area contributed by atoms with Crippen LogP contribution in [0.5, 0.6) is 0 Å². The van der Waals surface area contributed by atoms with Crippen molar-refractivity contribution in [3.63, 3.8) is 0 Å². The predicted molar refractivity (Wildman–Crippen MR) is 87.9 cm³/mol. The van der Waals surface area contributed by atoms with Crippen molar-refractivity contribution in [2.45, 2.75) is 38.1 Å². The summed E-state index contributed by atoms with van der Waals surface area (Å²) in [6.45, 7) is 1.81. The van der Waals surface area contributed by atoms with Crippen molar-refractivity contribution in [2.75, 3.05) is 18.6 Å². The van der Waals surface area contributed by atoms with Crippen LogP contribution in [0.15, 0.2) is 6.07 Å². The maximum Gasteiger partial charge on any atom is 0.338 e. The standard InChI is InChI=1S/C16H19N3O4S/c1-9-14-12(16(20)23-2)7-13(10-3-4-10)17-15(14)19(18-9)11-5-6-24(21,22)8-11/h7,10-11H,3-6,8H2,1-2H3/t11-/m1/s1. The molecule has 2 aromatic rings. The molecule has 0 unspecified atom stereocenters. The molecule has 0 spiro atoms. The van der Waals surface area contributed by atoms with Gasteiger partial charge in [0.2, 0.25) is 0 Å². The van der Waals surface area contributed by atoms with Crippen LogP contribution in [0.3, 0.4) is 0 Å². The van der Waals surface area contributed by atoms with Crippen LogP contribution < -0.4 is 0 Å². The zero-order chi connectivity index (χ0) is 17.1. The predicted octanol–water partition coefficient (Wildman–Crippen LogP) is 1.76. The van der Waals surface area contributed by atoms with Gasteiger partial charge in [-0.3, -0.25) is 0 Å². The summed E-state index contributed by atoms with van der Waals surface area (Å²) in [6.07, 6.45) is 2.65. The van der Waals surface area contributed by atoms with Gasteiger partial charge in [0, 0.05) is 11.6 Å². The molecule has 0 N–H and O–H groups in total. The average molecular weight is 349 g/mol. The number of nitrogens with zero attached hydrogens (tertiary/aromatic N) is 3. The summed E-state index contributed by atoms with van der Waals surface area (Å²) in [7, 11) is -1.67. The SMILES string of the molecule is COC(=O)c1cc(C2CC2)nc2c1c(C)nn2[C@@H]1CCS(=O)(=O)C1. The van der Waals surface area contributed by atoms with Crippen LogP contribution in [-0.2, 0) is 14.6 Å². The van der Waals surface area contributed by atoms with E-state index in [4.69, 9.17) is 9.72 Å². The minimum Gasteiger partial charge on any atom is -0.465 e. The van der Waals surface area contributed by atoms with Gasteiger partial charge in [0.1, 0.15) is 0 Å². The Morgan fingerprint density at radius 1 is 1.33 bits per heavy atom. The van der Waals surface area contributed by atoms with Gasteiger partial charge in [-0.15, -0.1) is 0 Å². The summed E-state index contributed by atoms with van der Waals surface area (Å²) in [6, 6.07) is 1.58. The molecule has 1 aliphatic carbocycles. The van der Waals surface area contributed by atoms with E-state index in [1.807, 2.05) is 6.92 Å². The number of hydrogen-bond acceptors (Lipinski definition) is 6. The molecule has 8 heteroatoms. The van der Waals surface area contributed by atoms with Crippen LogP contribution in [0.2, 0.25) is 0 Å². The first-order chi connectivity index (χ1) is 11.4. The highest BCUT2D eigenvalue weighted by Gasteiger charge is 2.34. The van der Waals surface area contributed by atoms with E-state index in [0.717, 1.165) is 18.5 Å². The second-order valence-corrected chi connectivity index (χ2v) is 8.87. The van der Waals surface area contributed by atoms with Crippen LogP contribution in [-0.4, -0.2) is 47.8 Å². The van der Waals surface area contributed by atoms with Gasteiger partial charge < -0.3 is 4.74 Å². The number of carbonyl (C=O) groups excluding carboxylic acids is 1. The molecule has 7 nitrogen and oxygen atoms in total. The Morgan fingerprint density at radius 3 is 2.67 bits per heavy atom. The van der Waals surface area contributed by atoms with Crippen molar-refractivity contribution in [2.24, 2.45) is 0 Å². The third-order valence-electron chi connectivity index (χ3n) is 4.81. The maximum absolute atomic E-state index is 12.2. The van der Waals surface area contributed by atoms with Crippen LogP contribution in [0.25, 0.3) is 11.0 Å². The van der Waals surface area contributed by atoms with Crippen molar-refractivity contribution in [1.82, 2.24) is 14.8 Å². The molecule has 1 saturated heterocycles. The minimum atomic E-state index is -3.03. The van der Waals surface area contributed by atoms with Crippen LogP contribution in [0.4, 0.5) is 0 Å². The molecule has 0 aromatic carbocycles. The van der Waals surface area contributed by atoms with Crippen molar-refractivity contribution >= 4 is 26.8 Å². The molecule has 128 valence electrons. The number of pyridine rings is 1. The van der Waals surface area contributed by atoms with Crippen molar-refractivity contribution < 1.29 is 17.9 Å². The lowest BCUT2D eigenvalue weighted by Crippen LogP contribution is -2.13. The van der Waals surface area contributed by atoms with E-state index in [1.54, 1.807) is 10.7 Å². The highest BCUT2D eigenvalue weighted by molar-refractivity contribution is 7.91. The molecule has 4 rings (SSSR count). The molecular formula is C16H19N3O4S. The van der Waals surface area contributed by atoms with E-state index >= 15 is 0 Å². The second kappa shape index (κ2) is 5.27. The lowest BCUT2D eigenvalue weighted by Gasteiger charge is -2.11. The Bertz CT molecular complexity index is 944. The Morgan fingerprint density at radius 2 is 2.08 bits per heavy atom. The first-order valence-electron chi connectivity index (χ1n) is 8.08. The highest BCUT2D eigenvalue weighted by atomic mass is 32.2. The molecule has 0 bridgehead atoms. The lowest BCUT2D eigenvalue weighted by atomic mass is 10.1. The number of methoxy groups -OCH3 is 1. The fraction of sp³-hybridized carbons (Fsp3) is 0.562. The van der Waals surface area contributed by atoms with Gasteiger partial charge >= 0.3 is 5.97 Å². The summed E-state index contributed by atoms with van der Waals surface area (Å²) in [5.74, 6) is 0.205. The van der Waals surface area contributed by atoms with E-state index in [0.29, 0.717) is 34.6 Å². The molecule has 0 radical (unpaired) electrons. The summed E-state index contributed by atoms with van der Waals surface area (Å²) in [5, 5.41) is 5.18. The van der Waals surface area contributed by atoms with E-state index in [2.05, 4.69) is 5.10 Å². The van der Waals surface area contributed by atoms with Gasteiger partial charge in [-0.1, -0.05) is 0 Å². The first kappa shape index (κ1) is 15.6. The highest BCUT2D eigenvalue weighted by Crippen LogP contribution is 2.41. The zero-order valence-electron chi connectivity index (χ0n) is 13.7. The van der Waals surface area contributed by atoms with Gasteiger partial charge in [0.05, 0.1) is 41.3 Å². The summed E-state index contributed by atoms with van der Waals surface area (Å²) in [4.78, 5) is 17.0. The number of carbonyl (C=O) groups is 1. The topological polar surface area (TPSA) is 91.2 Å². The average Bonchev–Trinajstić information content (AvgIpc) is 3.27. The maximum atomic E-state index is 12.2. The van der Waals surface area contributed by atoms with E-state index < -0.39 is 15.8 Å². The van der Waals surface area contributed by atoms with E-state index in [9.17, 15) is 13.2 Å². The third kappa shape index (κ3) is 2.49. The fourth-order valence-corrected chi connectivity index (χ4v) is 5.11. The Kier molecular flexibility index (Phi) is 3.42. The third-order valence-corrected chi connectivity index (χ3v) is 6.56. The number of aryl methyl sites for hydroxylation is 1. The van der Waals surface area contributed by atoms with Crippen molar-refractivity contribution in [1.29, 1.82) is 0 Å². The van der Waals surface area contributed by atoms with E-state index in [-0.39, 0.29) is 17.5 Å². The molecule has 2 fully saturated rings. The fourth-order valence-electron chi connectivity index (χ4n) is 3.41. The molecular weight excluding hydrogens is 330 g/mol.